The van der Waals surface area contributed by atoms with Crippen LogP contribution in [0, 0.1) is 0 Å². The monoisotopic (exact) mass is 255 g/mol. The summed E-state index contributed by atoms with van der Waals surface area (Å²) in [5.74, 6) is 0. The third-order valence-corrected chi connectivity index (χ3v) is 4.43. The van der Waals surface area contributed by atoms with Crippen LogP contribution in [0.25, 0.3) is 5.69 Å². The van der Waals surface area contributed by atoms with Crippen LogP contribution in [-0.2, 0) is 5.41 Å². The molecule has 3 rings (SSSR count). The molecule has 2 aromatic rings. The molecule has 1 heterocycles. The van der Waals surface area contributed by atoms with E-state index in [0.29, 0.717) is 0 Å². The van der Waals surface area contributed by atoms with Crippen molar-refractivity contribution in [3.05, 3.63) is 48.3 Å². The summed E-state index contributed by atoms with van der Waals surface area (Å²) in [6, 6.07) is 10.7. The van der Waals surface area contributed by atoms with Crippen molar-refractivity contribution in [2.24, 2.45) is 5.73 Å². The van der Waals surface area contributed by atoms with Crippen LogP contribution in [0.2, 0.25) is 0 Å². The van der Waals surface area contributed by atoms with Crippen LogP contribution in [0.5, 0.6) is 0 Å². The third kappa shape index (κ3) is 2.30. The highest BCUT2D eigenvalue weighted by atomic mass is 15.3. The molecule has 1 fully saturated rings. The molecule has 1 aromatic carbocycles. The Labute approximate surface area is 114 Å². The summed E-state index contributed by atoms with van der Waals surface area (Å²) in [5.41, 5.74) is 8.80. The Balaban J connectivity index is 1.98. The van der Waals surface area contributed by atoms with Crippen molar-refractivity contribution in [1.29, 1.82) is 0 Å². The SMILES string of the molecule is NCC1(c2cccc(-n3cccn3)c2)CCCCC1. The van der Waals surface area contributed by atoms with Gasteiger partial charge in [-0.3, -0.25) is 0 Å². The fraction of sp³-hybridized carbons (Fsp3) is 0.438. The minimum atomic E-state index is 0.182. The van der Waals surface area contributed by atoms with Gasteiger partial charge in [0.25, 0.3) is 0 Å². The minimum absolute atomic E-state index is 0.182. The lowest BCUT2D eigenvalue weighted by Crippen LogP contribution is -2.37. The zero-order valence-corrected chi connectivity index (χ0v) is 11.3. The van der Waals surface area contributed by atoms with Crippen molar-refractivity contribution in [1.82, 2.24) is 9.78 Å². The first kappa shape index (κ1) is 12.4. The number of hydrogen-bond acceptors (Lipinski definition) is 2. The quantitative estimate of drug-likeness (QED) is 0.916. The zero-order valence-electron chi connectivity index (χ0n) is 11.3. The predicted molar refractivity (Wildman–Crippen MR) is 77.4 cm³/mol. The molecule has 0 unspecified atom stereocenters. The van der Waals surface area contributed by atoms with Gasteiger partial charge in [0.1, 0.15) is 0 Å². The van der Waals surface area contributed by atoms with Gasteiger partial charge in [0.15, 0.2) is 0 Å². The predicted octanol–water partition coefficient (Wildman–Crippen LogP) is 3.03. The Kier molecular flexibility index (Phi) is 3.38. The van der Waals surface area contributed by atoms with E-state index in [4.69, 9.17) is 5.73 Å². The largest absolute Gasteiger partial charge is 0.330 e. The number of hydrogen-bond donors (Lipinski definition) is 1. The Bertz CT molecular complexity index is 525. The molecule has 3 heteroatoms. The molecule has 100 valence electrons. The second-order valence-electron chi connectivity index (χ2n) is 5.55. The topological polar surface area (TPSA) is 43.8 Å². The molecular formula is C16H21N3. The zero-order chi connectivity index (χ0) is 13.1. The molecule has 0 saturated heterocycles. The molecule has 0 amide bonds. The standard InChI is InChI=1S/C16H21N3/c17-13-16(8-2-1-3-9-16)14-6-4-7-15(12-14)19-11-5-10-18-19/h4-7,10-12H,1-3,8-9,13,17H2. The lowest BCUT2D eigenvalue weighted by atomic mass is 9.69. The minimum Gasteiger partial charge on any atom is -0.330 e. The van der Waals surface area contributed by atoms with Crippen LogP contribution in [0.15, 0.2) is 42.7 Å². The summed E-state index contributed by atoms with van der Waals surface area (Å²) in [6.45, 7) is 0.746. The van der Waals surface area contributed by atoms with Crippen LogP contribution in [-0.4, -0.2) is 16.3 Å². The van der Waals surface area contributed by atoms with E-state index >= 15 is 0 Å². The van der Waals surface area contributed by atoms with Gasteiger partial charge in [-0.1, -0.05) is 31.4 Å². The van der Waals surface area contributed by atoms with Crippen LogP contribution >= 0.6 is 0 Å². The van der Waals surface area contributed by atoms with Gasteiger partial charge >= 0.3 is 0 Å². The summed E-state index contributed by atoms with van der Waals surface area (Å²) in [5, 5.41) is 4.31. The van der Waals surface area contributed by atoms with Gasteiger partial charge in [-0.25, -0.2) is 4.68 Å². The van der Waals surface area contributed by atoms with E-state index in [0.717, 1.165) is 12.2 Å². The number of nitrogens with two attached hydrogens (primary N) is 1. The Hall–Kier alpha value is -1.61. The van der Waals surface area contributed by atoms with Crippen LogP contribution in [0.4, 0.5) is 0 Å². The normalized spacial score (nSPS) is 18.4. The molecule has 1 aromatic heterocycles. The summed E-state index contributed by atoms with van der Waals surface area (Å²) in [7, 11) is 0. The van der Waals surface area contributed by atoms with Gasteiger partial charge in [0, 0.05) is 24.4 Å². The van der Waals surface area contributed by atoms with Gasteiger partial charge in [-0.2, -0.15) is 5.10 Å². The molecule has 0 radical (unpaired) electrons. The highest BCUT2D eigenvalue weighted by Crippen LogP contribution is 2.39. The van der Waals surface area contributed by atoms with E-state index in [1.165, 1.54) is 37.7 Å². The van der Waals surface area contributed by atoms with E-state index < -0.39 is 0 Å². The second kappa shape index (κ2) is 5.17. The maximum Gasteiger partial charge on any atom is 0.0648 e. The Morgan fingerprint density at radius 2 is 2.00 bits per heavy atom. The van der Waals surface area contributed by atoms with Gasteiger partial charge in [-0.05, 0) is 36.6 Å². The summed E-state index contributed by atoms with van der Waals surface area (Å²) < 4.78 is 1.91. The Morgan fingerprint density at radius 1 is 1.16 bits per heavy atom. The van der Waals surface area contributed by atoms with Crippen molar-refractivity contribution >= 4 is 0 Å². The third-order valence-electron chi connectivity index (χ3n) is 4.43. The maximum atomic E-state index is 6.12. The number of aromatic nitrogens is 2. The van der Waals surface area contributed by atoms with Crippen LogP contribution in [0.1, 0.15) is 37.7 Å². The average Bonchev–Trinajstić information content (AvgIpc) is 3.02. The first-order valence-corrected chi connectivity index (χ1v) is 7.15. The molecule has 0 bridgehead atoms. The molecular weight excluding hydrogens is 234 g/mol. The van der Waals surface area contributed by atoms with E-state index in [1.54, 1.807) is 0 Å². The molecule has 1 aliphatic carbocycles. The summed E-state index contributed by atoms with van der Waals surface area (Å²) in [4.78, 5) is 0. The fourth-order valence-electron chi connectivity index (χ4n) is 3.24. The van der Waals surface area contributed by atoms with Crippen molar-refractivity contribution in [3.8, 4) is 5.69 Å². The smallest absolute Gasteiger partial charge is 0.0648 e. The van der Waals surface area contributed by atoms with Gasteiger partial charge in [0.2, 0.25) is 0 Å². The highest BCUT2D eigenvalue weighted by Gasteiger charge is 2.32. The average molecular weight is 255 g/mol. The van der Waals surface area contributed by atoms with Gasteiger partial charge in [-0.15, -0.1) is 0 Å². The Morgan fingerprint density at radius 3 is 2.68 bits per heavy atom. The van der Waals surface area contributed by atoms with Crippen molar-refractivity contribution < 1.29 is 0 Å². The van der Waals surface area contributed by atoms with Crippen LogP contribution < -0.4 is 5.73 Å². The molecule has 0 spiro atoms. The molecule has 0 atom stereocenters. The number of benzene rings is 1. The van der Waals surface area contributed by atoms with E-state index in [1.807, 2.05) is 23.1 Å². The fourth-order valence-corrected chi connectivity index (χ4v) is 3.24. The van der Waals surface area contributed by atoms with Crippen molar-refractivity contribution in [2.75, 3.05) is 6.54 Å². The lowest BCUT2D eigenvalue weighted by molar-refractivity contribution is 0.301. The summed E-state index contributed by atoms with van der Waals surface area (Å²) in [6.07, 6.45) is 10.2. The van der Waals surface area contributed by atoms with E-state index in [9.17, 15) is 0 Å². The van der Waals surface area contributed by atoms with Crippen molar-refractivity contribution in [3.63, 3.8) is 0 Å². The molecule has 3 nitrogen and oxygen atoms in total. The molecule has 1 aliphatic rings. The second-order valence-corrected chi connectivity index (χ2v) is 5.55. The summed E-state index contributed by atoms with van der Waals surface area (Å²) >= 11 is 0. The first-order chi connectivity index (χ1) is 9.34. The lowest BCUT2D eigenvalue weighted by Gasteiger charge is -2.37. The van der Waals surface area contributed by atoms with E-state index in [-0.39, 0.29) is 5.41 Å². The number of nitrogens with zero attached hydrogens (tertiary/aromatic N) is 2. The van der Waals surface area contributed by atoms with E-state index in [2.05, 4.69) is 29.4 Å². The number of rotatable bonds is 3. The van der Waals surface area contributed by atoms with Crippen LogP contribution in [0.3, 0.4) is 0 Å². The van der Waals surface area contributed by atoms with Crippen molar-refractivity contribution in [2.45, 2.75) is 37.5 Å². The van der Waals surface area contributed by atoms with Gasteiger partial charge in [0.05, 0.1) is 5.69 Å². The maximum absolute atomic E-state index is 6.12. The molecule has 2 N–H and O–H groups in total. The molecule has 1 saturated carbocycles. The van der Waals surface area contributed by atoms with Gasteiger partial charge < -0.3 is 5.73 Å². The molecule has 19 heavy (non-hydrogen) atoms. The first-order valence-electron chi connectivity index (χ1n) is 7.15. The molecule has 0 aliphatic heterocycles. The highest BCUT2D eigenvalue weighted by molar-refractivity contribution is 5.39.